The molecule has 5 heterocycles. The van der Waals surface area contributed by atoms with Crippen molar-refractivity contribution in [3.63, 3.8) is 0 Å². The fraction of sp³-hybridized carbons (Fsp3) is 0.308. The number of amides is 2. The summed E-state index contributed by atoms with van der Waals surface area (Å²) in [6, 6.07) is 5.27. The lowest BCUT2D eigenvalue weighted by molar-refractivity contribution is -0.118. The van der Waals surface area contributed by atoms with Gasteiger partial charge in [-0.2, -0.15) is 5.10 Å². The van der Waals surface area contributed by atoms with Crippen molar-refractivity contribution in [3.05, 3.63) is 59.8 Å². The Balaban J connectivity index is 1.29. The third kappa shape index (κ3) is 5.27. The summed E-state index contributed by atoms with van der Waals surface area (Å²) in [6.45, 7) is 7.31. The predicted octanol–water partition coefficient (Wildman–Crippen LogP) is 4.30. The molecule has 0 saturated carbocycles. The number of hydrogen-bond acceptors (Lipinski definition) is 9. The van der Waals surface area contributed by atoms with E-state index in [2.05, 4.69) is 49.8 Å². The van der Waals surface area contributed by atoms with Crippen molar-refractivity contribution >= 4 is 56.4 Å². The van der Waals surface area contributed by atoms with Crippen molar-refractivity contribution in [2.45, 2.75) is 39.2 Å². The maximum Gasteiger partial charge on any atom is 0.260 e. The minimum Gasteiger partial charge on any atom is -0.330 e. The summed E-state index contributed by atoms with van der Waals surface area (Å²) in [5, 5.41) is 21.6. The summed E-state index contributed by atoms with van der Waals surface area (Å²) < 4.78 is 1.62. The number of carbonyl (C=O) groups excluding carboxylic acids is 2. The number of aromatic nitrogens is 4. The molecule has 1 fully saturated rings. The van der Waals surface area contributed by atoms with Crippen LogP contribution < -0.4 is 16.0 Å². The van der Waals surface area contributed by atoms with Crippen LogP contribution in [-0.2, 0) is 4.79 Å². The van der Waals surface area contributed by atoms with Crippen LogP contribution in [0.1, 0.15) is 48.3 Å². The largest absolute Gasteiger partial charge is 0.330 e. The summed E-state index contributed by atoms with van der Waals surface area (Å²) in [5.74, 6) is 0.101. The summed E-state index contributed by atoms with van der Waals surface area (Å²) >= 11 is 1.35. The second-order valence-corrected chi connectivity index (χ2v) is 10.8. The highest BCUT2D eigenvalue weighted by atomic mass is 32.1. The molecule has 12 heteroatoms. The van der Waals surface area contributed by atoms with Crippen LogP contribution in [0.4, 0.5) is 22.2 Å². The van der Waals surface area contributed by atoms with E-state index >= 15 is 0 Å². The first-order valence-electron chi connectivity index (χ1n) is 12.3. The fourth-order valence-electron chi connectivity index (χ4n) is 4.50. The first kappa shape index (κ1) is 25.5. The fourth-order valence-corrected chi connectivity index (χ4v) is 5.46. The quantitative estimate of drug-likeness (QED) is 0.249. The van der Waals surface area contributed by atoms with E-state index in [0.717, 1.165) is 24.4 Å². The van der Waals surface area contributed by atoms with Gasteiger partial charge in [-0.25, -0.2) is 9.50 Å². The summed E-state index contributed by atoms with van der Waals surface area (Å²) in [7, 11) is 0. The van der Waals surface area contributed by atoms with Crippen LogP contribution in [0.5, 0.6) is 0 Å². The molecular weight excluding hydrogens is 502 g/mol. The second kappa shape index (κ2) is 10.3. The maximum atomic E-state index is 13.2. The average Bonchev–Trinajstić information content (AvgIpc) is 3.55. The van der Waals surface area contributed by atoms with Gasteiger partial charge in [0, 0.05) is 23.5 Å². The molecule has 5 rings (SSSR count). The zero-order chi connectivity index (χ0) is 26.9. The minimum atomic E-state index is -0.335. The summed E-state index contributed by atoms with van der Waals surface area (Å²) in [6.07, 6.45) is 9.90. The van der Waals surface area contributed by atoms with Crippen LogP contribution in [0.15, 0.2) is 43.0 Å². The molecule has 0 bridgehead atoms. The van der Waals surface area contributed by atoms with E-state index in [-0.39, 0.29) is 17.4 Å². The number of rotatable bonds is 8. The zero-order valence-corrected chi connectivity index (χ0v) is 22.2. The van der Waals surface area contributed by atoms with Gasteiger partial charge < -0.3 is 21.4 Å². The van der Waals surface area contributed by atoms with Crippen molar-refractivity contribution in [1.82, 2.24) is 24.5 Å². The van der Waals surface area contributed by atoms with Gasteiger partial charge >= 0.3 is 0 Å². The van der Waals surface area contributed by atoms with Crippen LogP contribution in [0.3, 0.4) is 0 Å². The molecule has 0 spiro atoms. The first-order chi connectivity index (χ1) is 18.2. The number of aryl methyl sites for hydroxylation is 1. The topological polar surface area (TPSA) is 140 Å². The van der Waals surface area contributed by atoms with Gasteiger partial charge in [-0.15, -0.1) is 0 Å². The molecule has 0 radical (unpaired) electrons. The number of likely N-dealkylation sites (tertiary alicyclic amines) is 1. The Morgan fingerprint density at radius 2 is 2.08 bits per heavy atom. The molecule has 4 N–H and O–H groups in total. The number of nitrogens with zero attached hydrogens (tertiary/aromatic N) is 5. The normalized spacial score (nSPS) is 14.9. The Bertz CT molecular complexity index is 1520. The molecule has 0 aliphatic carbocycles. The smallest absolute Gasteiger partial charge is 0.260 e. The van der Waals surface area contributed by atoms with E-state index < -0.39 is 0 Å². The molecule has 4 aromatic heterocycles. The monoisotopic (exact) mass is 531 g/mol. The lowest BCUT2D eigenvalue weighted by atomic mass is 10.0. The van der Waals surface area contributed by atoms with Crippen LogP contribution in [0.2, 0.25) is 0 Å². The van der Waals surface area contributed by atoms with Crippen LogP contribution >= 0.6 is 11.3 Å². The highest BCUT2D eigenvalue weighted by Crippen LogP contribution is 2.30. The van der Waals surface area contributed by atoms with Crippen molar-refractivity contribution in [2.75, 3.05) is 29.0 Å². The lowest BCUT2D eigenvalue weighted by Crippen LogP contribution is -2.42. The minimum absolute atomic E-state index is 0.00999. The molecular formula is C26H29N9O2S. The van der Waals surface area contributed by atoms with Crippen molar-refractivity contribution in [2.24, 2.45) is 0 Å². The average molecular weight is 532 g/mol. The molecule has 1 saturated heterocycles. The van der Waals surface area contributed by atoms with E-state index in [1.807, 2.05) is 0 Å². The van der Waals surface area contributed by atoms with Gasteiger partial charge in [-0.05, 0) is 58.4 Å². The number of carbonyl (C=O) groups is 2. The maximum absolute atomic E-state index is 13.2. The van der Waals surface area contributed by atoms with Crippen molar-refractivity contribution in [3.8, 4) is 0 Å². The number of nitrogens with one attached hydrogen (secondary N) is 4. The van der Waals surface area contributed by atoms with Gasteiger partial charge in [-0.1, -0.05) is 11.3 Å². The number of fused-ring (bicyclic) bond motifs is 1. The Morgan fingerprint density at radius 3 is 2.84 bits per heavy atom. The van der Waals surface area contributed by atoms with Gasteiger partial charge in [0.05, 0.1) is 47.8 Å². The molecule has 0 atom stereocenters. The Hall–Kier alpha value is -4.16. The number of thiazole rings is 1. The Morgan fingerprint density at radius 1 is 1.24 bits per heavy atom. The van der Waals surface area contributed by atoms with Gasteiger partial charge in [-0.3, -0.25) is 19.5 Å². The number of pyridine rings is 2. The second-order valence-electron chi connectivity index (χ2n) is 9.81. The van der Waals surface area contributed by atoms with E-state index in [9.17, 15) is 9.59 Å². The molecule has 1 aliphatic heterocycles. The van der Waals surface area contributed by atoms with E-state index in [4.69, 9.17) is 5.41 Å². The van der Waals surface area contributed by atoms with E-state index in [1.54, 1.807) is 48.2 Å². The molecule has 4 aromatic rings. The highest BCUT2D eigenvalue weighted by molar-refractivity contribution is 7.21. The molecule has 196 valence electrons. The highest BCUT2D eigenvalue weighted by Gasteiger charge is 2.32. The van der Waals surface area contributed by atoms with Gasteiger partial charge in [0.15, 0.2) is 0 Å². The predicted molar refractivity (Wildman–Crippen MR) is 149 cm³/mol. The summed E-state index contributed by atoms with van der Waals surface area (Å²) in [5.41, 5.74) is 2.72. The zero-order valence-electron chi connectivity index (χ0n) is 21.4. The molecule has 1 aliphatic rings. The molecule has 2 amide bonds. The first-order valence-corrected chi connectivity index (χ1v) is 13.1. The van der Waals surface area contributed by atoms with E-state index in [0.29, 0.717) is 45.4 Å². The third-order valence-corrected chi connectivity index (χ3v) is 7.73. The SMILES string of the molecule is Cc1ncc(NC(=O)CN2CCCC2(C)C)cc1NC(=O)c1cnn2cc(Nc3ncccc3C=N)sc12. The van der Waals surface area contributed by atoms with Gasteiger partial charge in [0.2, 0.25) is 5.91 Å². The van der Waals surface area contributed by atoms with Gasteiger partial charge in [0.25, 0.3) is 5.91 Å². The van der Waals surface area contributed by atoms with E-state index in [1.165, 1.54) is 23.7 Å². The summed E-state index contributed by atoms with van der Waals surface area (Å²) in [4.78, 5) is 37.4. The van der Waals surface area contributed by atoms with Crippen LogP contribution in [0.25, 0.3) is 4.83 Å². The standard InChI is InChI=1S/C26H29N9O2S/c1-16-20(10-18(12-29-16)31-21(36)14-34-9-5-7-26(34,2)3)32-24(37)19-13-30-35-15-22(38-25(19)35)33-23-17(11-27)6-4-8-28-23/h4,6,8,10-13,15,27H,5,7,9,14H2,1-3H3,(H,28,33)(H,31,36)(H,32,37). The molecule has 11 nitrogen and oxygen atoms in total. The third-order valence-electron chi connectivity index (χ3n) is 6.70. The van der Waals surface area contributed by atoms with Crippen molar-refractivity contribution < 1.29 is 9.59 Å². The number of hydrogen-bond donors (Lipinski definition) is 4. The molecule has 0 unspecified atom stereocenters. The van der Waals surface area contributed by atoms with Crippen LogP contribution in [-0.4, -0.2) is 61.1 Å². The van der Waals surface area contributed by atoms with Gasteiger partial charge in [0.1, 0.15) is 15.6 Å². The van der Waals surface area contributed by atoms with Crippen LogP contribution in [0, 0.1) is 12.3 Å². The lowest BCUT2D eigenvalue weighted by Gasteiger charge is -2.30. The number of anilines is 4. The van der Waals surface area contributed by atoms with Crippen molar-refractivity contribution in [1.29, 1.82) is 5.41 Å². The Kier molecular flexibility index (Phi) is 6.91. The molecule has 38 heavy (non-hydrogen) atoms. The Labute approximate surface area is 223 Å². The molecule has 0 aromatic carbocycles.